The Hall–Kier alpha value is -1.13. The summed E-state index contributed by atoms with van der Waals surface area (Å²) in [5.41, 5.74) is 0.468. The maximum atomic E-state index is 12.3. The van der Waals surface area contributed by atoms with E-state index >= 15 is 0 Å². The second-order valence-electron chi connectivity index (χ2n) is 5.62. The molecule has 1 saturated heterocycles. The van der Waals surface area contributed by atoms with Crippen molar-refractivity contribution in [1.82, 2.24) is 10.3 Å². The minimum atomic E-state index is -0.151. The standard InChI is InChI=1S/C15H21ClN2O2/c1-10(2)8-14-13(4-3-7-20-14)18-15(19)11-5-6-17-9-12(11)16/h5-6,9-10,13-14H,3-4,7-8H2,1-2H3,(H,18,19). The minimum absolute atomic E-state index is 0.0582. The molecule has 1 aliphatic heterocycles. The quantitative estimate of drug-likeness (QED) is 0.929. The highest BCUT2D eigenvalue weighted by atomic mass is 35.5. The number of rotatable bonds is 4. The second kappa shape index (κ2) is 7.04. The number of halogens is 1. The monoisotopic (exact) mass is 296 g/mol. The number of nitrogens with one attached hydrogen (secondary N) is 1. The van der Waals surface area contributed by atoms with Crippen LogP contribution in [-0.4, -0.2) is 29.6 Å². The number of carbonyl (C=O) groups excluding carboxylic acids is 1. The Balaban J connectivity index is 2.03. The van der Waals surface area contributed by atoms with Gasteiger partial charge in [-0.05, 0) is 31.2 Å². The van der Waals surface area contributed by atoms with Crippen molar-refractivity contribution in [2.24, 2.45) is 5.92 Å². The number of pyridine rings is 1. The van der Waals surface area contributed by atoms with Gasteiger partial charge in [-0.25, -0.2) is 0 Å². The molecule has 0 radical (unpaired) electrons. The average molecular weight is 297 g/mol. The molecule has 1 amide bonds. The van der Waals surface area contributed by atoms with Crippen LogP contribution in [-0.2, 0) is 4.74 Å². The highest BCUT2D eigenvalue weighted by Crippen LogP contribution is 2.21. The molecule has 2 rings (SSSR count). The molecule has 0 bridgehead atoms. The van der Waals surface area contributed by atoms with Crippen LogP contribution in [0.15, 0.2) is 18.5 Å². The van der Waals surface area contributed by atoms with Crippen molar-refractivity contribution in [1.29, 1.82) is 0 Å². The summed E-state index contributed by atoms with van der Waals surface area (Å²) in [7, 11) is 0. The van der Waals surface area contributed by atoms with Gasteiger partial charge >= 0.3 is 0 Å². The van der Waals surface area contributed by atoms with Gasteiger partial charge in [0, 0.05) is 19.0 Å². The second-order valence-corrected chi connectivity index (χ2v) is 6.02. The van der Waals surface area contributed by atoms with Crippen LogP contribution in [0.1, 0.15) is 43.5 Å². The van der Waals surface area contributed by atoms with E-state index in [1.165, 1.54) is 6.20 Å². The van der Waals surface area contributed by atoms with Gasteiger partial charge in [0.25, 0.3) is 5.91 Å². The molecule has 1 fully saturated rings. The molecule has 110 valence electrons. The van der Waals surface area contributed by atoms with Crippen LogP contribution in [0.2, 0.25) is 5.02 Å². The van der Waals surface area contributed by atoms with Gasteiger partial charge in [-0.3, -0.25) is 9.78 Å². The van der Waals surface area contributed by atoms with Gasteiger partial charge in [0.2, 0.25) is 0 Å². The van der Waals surface area contributed by atoms with Crippen LogP contribution in [0.25, 0.3) is 0 Å². The molecule has 0 spiro atoms. The maximum Gasteiger partial charge on any atom is 0.253 e. The van der Waals surface area contributed by atoms with Crippen molar-refractivity contribution in [2.45, 2.75) is 45.3 Å². The van der Waals surface area contributed by atoms with Gasteiger partial charge < -0.3 is 10.1 Å². The zero-order chi connectivity index (χ0) is 14.5. The summed E-state index contributed by atoms with van der Waals surface area (Å²) in [5.74, 6) is 0.392. The topological polar surface area (TPSA) is 51.2 Å². The van der Waals surface area contributed by atoms with E-state index in [1.807, 2.05) is 0 Å². The Morgan fingerprint density at radius 2 is 2.40 bits per heavy atom. The van der Waals surface area contributed by atoms with Crippen molar-refractivity contribution in [2.75, 3.05) is 6.61 Å². The molecule has 1 aliphatic rings. The van der Waals surface area contributed by atoms with Crippen LogP contribution in [0.3, 0.4) is 0 Å². The van der Waals surface area contributed by atoms with Crippen LogP contribution < -0.4 is 5.32 Å². The number of amides is 1. The summed E-state index contributed by atoms with van der Waals surface area (Å²) in [5, 5.41) is 3.43. The third-order valence-electron chi connectivity index (χ3n) is 3.48. The van der Waals surface area contributed by atoms with Gasteiger partial charge in [0.1, 0.15) is 0 Å². The Bertz CT molecular complexity index is 465. The fraction of sp³-hybridized carbons (Fsp3) is 0.600. The van der Waals surface area contributed by atoms with Gasteiger partial charge in [-0.15, -0.1) is 0 Å². The van der Waals surface area contributed by atoms with Crippen molar-refractivity contribution in [3.8, 4) is 0 Å². The van der Waals surface area contributed by atoms with Crippen molar-refractivity contribution < 1.29 is 9.53 Å². The Kier molecular flexibility index (Phi) is 5.38. The fourth-order valence-electron chi connectivity index (χ4n) is 2.51. The van der Waals surface area contributed by atoms with E-state index in [0.717, 1.165) is 25.9 Å². The molecule has 2 atom stereocenters. The third-order valence-corrected chi connectivity index (χ3v) is 3.78. The van der Waals surface area contributed by atoms with E-state index < -0.39 is 0 Å². The number of nitrogens with zero attached hydrogens (tertiary/aromatic N) is 1. The Morgan fingerprint density at radius 3 is 3.10 bits per heavy atom. The molecule has 1 N–H and O–H groups in total. The number of aromatic nitrogens is 1. The molecule has 2 heterocycles. The van der Waals surface area contributed by atoms with Gasteiger partial charge in [0.05, 0.1) is 22.7 Å². The lowest BCUT2D eigenvalue weighted by Crippen LogP contribution is -2.47. The van der Waals surface area contributed by atoms with Crippen LogP contribution in [0.5, 0.6) is 0 Å². The SMILES string of the molecule is CC(C)CC1OCCCC1NC(=O)c1ccncc1Cl. The highest BCUT2D eigenvalue weighted by Gasteiger charge is 2.28. The van der Waals surface area contributed by atoms with Crippen molar-refractivity contribution >= 4 is 17.5 Å². The smallest absolute Gasteiger partial charge is 0.253 e. The van der Waals surface area contributed by atoms with Crippen molar-refractivity contribution in [3.63, 3.8) is 0 Å². The van der Waals surface area contributed by atoms with Gasteiger partial charge in [0.15, 0.2) is 0 Å². The predicted octanol–water partition coefficient (Wildman–Crippen LogP) is 3.06. The molecule has 1 aromatic heterocycles. The van der Waals surface area contributed by atoms with E-state index in [-0.39, 0.29) is 18.1 Å². The molecule has 20 heavy (non-hydrogen) atoms. The first-order valence-electron chi connectivity index (χ1n) is 7.10. The zero-order valence-electron chi connectivity index (χ0n) is 11.9. The number of ether oxygens (including phenoxy) is 1. The summed E-state index contributed by atoms with van der Waals surface area (Å²) in [4.78, 5) is 16.2. The van der Waals surface area contributed by atoms with E-state index in [9.17, 15) is 4.79 Å². The predicted molar refractivity (Wildman–Crippen MR) is 78.9 cm³/mol. The molecule has 1 aromatic rings. The number of hydrogen-bond acceptors (Lipinski definition) is 3. The Labute approximate surface area is 124 Å². The van der Waals surface area contributed by atoms with Crippen molar-refractivity contribution in [3.05, 3.63) is 29.0 Å². The molecular formula is C15H21ClN2O2. The molecule has 0 aromatic carbocycles. The highest BCUT2D eigenvalue weighted by molar-refractivity contribution is 6.33. The minimum Gasteiger partial charge on any atom is -0.376 e. The van der Waals surface area contributed by atoms with E-state index in [0.29, 0.717) is 16.5 Å². The maximum absolute atomic E-state index is 12.3. The first-order valence-corrected chi connectivity index (χ1v) is 7.47. The summed E-state index contributed by atoms with van der Waals surface area (Å²) in [6.45, 7) is 5.10. The first-order chi connectivity index (χ1) is 9.58. The third kappa shape index (κ3) is 3.93. The normalized spacial score (nSPS) is 22.8. The molecule has 4 nitrogen and oxygen atoms in total. The van der Waals surface area contributed by atoms with E-state index in [4.69, 9.17) is 16.3 Å². The summed E-state index contributed by atoms with van der Waals surface area (Å²) >= 11 is 6.00. The number of carbonyl (C=O) groups is 1. The van der Waals surface area contributed by atoms with Crippen LogP contribution in [0, 0.1) is 5.92 Å². The molecule has 2 unspecified atom stereocenters. The van der Waals surface area contributed by atoms with E-state index in [2.05, 4.69) is 24.1 Å². The molecular weight excluding hydrogens is 276 g/mol. The fourth-order valence-corrected chi connectivity index (χ4v) is 2.71. The van der Waals surface area contributed by atoms with Gasteiger partial charge in [-0.2, -0.15) is 0 Å². The summed E-state index contributed by atoms with van der Waals surface area (Å²) < 4.78 is 5.81. The number of hydrogen-bond donors (Lipinski definition) is 1. The van der Waals surface area contributed by atoms with E-state index in [1.54, 1.807) is 12.3 Å². The lowest BCUT2D eigenvalue weighted by Gasteiger charge is -2.33. The van der Waals surface area contributed by atoms with Crippen LogP contribution in [0.4, 0.5) is 0 Å². The molecule has 0 aliphatic carbocycles. The zero-order valence-corrected chi connectivity index (χ0v) is 12.7. The largest absolute Gasteiger partial charge is 0.376 e. The Morgan fingerprint density at radius 1 is 1.60 bits per heavy atom. The molecule has 5 heteroatoms. The first kappa shape index (κ1) is 15.3. The molecule has 0 saturated carbocycles. The van der Waals surface area contributed by atoms with Gasteiger partial charge in [-0.1, -0.05) is 25.4 Å². The average Bonchev–Trinajstić information content (AvgIpc) is 2.41. The van der Waals surface area contributed by atoms with Crippen LogP contribution >= 0.6 is 11.6 Å². The lowest BCUT2D eigenvalue weighted by atomic mass is 9.94. The lowest BCUT2D eigenvalue weighted by molar-refractivity contribution is -0.0186. The summed E-state index contributed by atoms with van der Waals surface area (Å²) in [6, 6.07) is 1.70. The summed E-state index contributed by atoms with van der Waals surface area (Å²) in [6.07, 6.45) is 6.03.